The summed E-state index contributed by atoms with van der Waals surface area (Å²) in [5.41, 5.74) is 6.88. The first kappa shape index (κ1) is 22.8. The van der Waals surface area contributed by atoms with Gasteiger partial charge in [0.15, 0.2) is 0 Å². The molecule has 5 rings (SSSR count). The Bertz CT molecular complexity index is 1180. The van der Waals surface area contributed by atoms with Crippen LogP contribution >= 0.6 is 0 Å². The molecule has 2 aromatic carbocycles. The lowest BCUT2D eigenvalue weighted by molar-refractivity contribution is 0.175. The molecular weight excluding hydrogens is 424 g/mol. The molecule has 1 atom stereocenters. The van der Waals surface area contributed by atoms with Crippen LogP contribution < -0.4 is 9.80 Å². The van der Waals surface area contributed by atoms with Crippen LogP contribution in [0.2, 0.25) is 0 Å². The largest absolute Gasteiger partial charge is 0.452 e. The minimum absolute atomic E-state index is 0.118. The predicted octanol–water partition coefficient (Wildman–Crippen LogP) is 6.11. The Kier molecular flexibility index (Phi) is 6.24. The van der Waals surface area contributed by atoms with Gasteiger partial charge in [0.05, 0.1) is 23.8 Å². The van der Waals surface area contributed by atoms with Crippen molar-refractivity contribution in [2.45, 2.75) is 70.4 Å². The Morgan fingerprint density at radius 3 is 2.47 bits per heavy atom. The summed E-state index contributed by atoms with van der Waals surface area (Å²) in [6.45, 7) is 2.09. The molecule has 6 heteroatoms. The van der Waals surface area contributed by atoms with E-state index in [4.69, 9.17) is 9.72 Å². The number of carbonyl (C=O) groups excluding carboxylic acids is 1. The first-order valence-electron chi connectivity index (χ1n) is 12.6. The second-order valence-corrected chi connectivity index (χ2v) is 10.1. The van der Waals surface area contributed by atoms with Crippen molar-refractivity contribution in [3.63, 3.8) is 0 Å². The van der Waals surface area contributed by atoms with Crippen molar-refractivity contribution in [2.75, 3.05) is 31.0 Å². The van der Waals surface area contributed by atoms with E-state index in [9.17, 15) is 4.79 Å². The van der Waals surface area contributed by atoms with E-state index in [0.29, 0.717) is 6.04 Å². The molecule has 0 spiro atoms. The van der Waals surface area contributed by atoms with Crippen LogP contribution in [0.5, 0.6) is 0 Å². The molecule has 34 heavy (non-hydrogen) atoms. The van der Waals surface area contributed by atoms with Crippen LogP contribution in [0.3, 0.4) is 0 Å². The molecule has 180 valence electrons. The zero-order valence-electron chi connectivity index (χ0n) is 20.9. The van der Waals surface area contributed by atoms with Crippen molar-refractivity contribution in [3.8, 4) is 0 Å². The minimum atomic E-state index is -0.291. The van der Waals surface area contributed by atoms with Crippen LogP contribution in [0.1, 0.15) is 68.4 Å². The van der Waals surface area contributed by atoms with Gasteiger partial charge in [-0.3, -0.25) is 4.90 Å². The lowest BCUT2D eigenvalue weighted by Gasteiger charge is -2.34. The van der Waals surface area contributed by atoms with E-state index in [1.54, 1.807) is 4.90 Å². The first-order valence-corrected chi connectivity index (χ1v) is 12.6. The number of nitrogens with zero attached hydrogens (tertiary/aromatic N) is 4. The van der Waals surface area contributed by atoms with Crippen LogP contribution in [0.25, 0.3) is 11.0 Å². The van der Waals surface area contributed by atoms with E-state index >= 15 is 0 Å². The number of carbonyl (C=O) groups is 1. The third kappa shape index (κ3) is 4.04. The number of aryl methyl sites for hydroxylation is 1. The van der Waals surface area contributed by atoms with Crippen molar-refractivity contribution in [1.29, 1.82) is 0 Å². The zero-order chi connectivity index (χ0) is 23.8. The highest BCUT2D eigenvalue weighted by atomic mass is 16.5. The van der Waals surface area contributed by atoms with Gasteiger partial charge in [-0.2, -0.15) is 0 Å². The second kappa shape index (κ2) is 9.32. The summed E-state index contributed by atoms with van der Waals surface area (Å²) in [6.07, 6.45) is 8.66. The average Bonchev–Trinajstić information content (AvgIpc) is 3.22. The minimum Gasteiger partial charge on any atom is -0.452 e. The highest BCUT2D eigenvalue weighted by Gasteiger charge is 2.32. The molecule has 1 aliphatic carbocycles. The number of aromatic nitrogens is 2. The Morgan fingerprint density at radius 2 is 1.79 bits per heavy atom. The monoisotopic (exact) mass is 460 g/mol. The van der Waals surface area contributed by atoms with Gasteiger partial charge >= 0.3 is 6.09 Å². The molecule has 0 N–H and O–H groups in total. The topological polar surface area (TPSA) is 50.6 Å². The van der Waals surface area contributed by atoms with Gasteiger partial charge in [-0.05, 0) is 62.4 Å². The van der Waals surface area contributed by atoms with Crippen molar-refractivity contribution in [1.82, 2.24) is 9.55 Å². The van der Waals surface area contributed by atoms with E-state index < -0.39 is 0 Å². The van der Waals surface area contributed by atoms with E-state index in [1.165, 1.54) is 61.5 Å². The fourth-order valence-corrected chi connectivity index (χ4v) is 5.79. The number of fused-ring (bicyclic) bond motifs is 3. The summed E-state index contributed by atoms with van der Waals surface area (Å²) < 4.78 is 7.64. The number of hydrogen-bond donors (Lipinski definition) is 0. The lowest BCUT2D eigenvalue weighted by atomic mass is 9.94. The van der Waals surface area contributed by atoms with E-state index in [2.05, 4.69) is 66.9 Å². The number of ether oxygens (including phenoxy) is 1. The van der Waals surface area contributed by atoms with E-state index in [-0.39, 0.29) is 12.1 Å². The molecule has 1 saturated carbocycles. The Hall–Kier alpha value is -3.02. The average molecular weight is 461 g/mol. The van der Waals surface area contributed by atoms with Crippen LogP contribution in [0.4, 0.5) is 16.2 Å². The molecule has 0 unspecified atom stereocenters. The fourth-order valence-electron chi connectivity index (χ4n) is 5.79. The van der Waals surface area contributed by atoms with Gasteiger partial charge in [0.25, 0.3) is 0 Å². The van der Waals surface area contributed by atoms with Crippen LogP contribution in [0, 0.1) is 0 Å². The van der Waals surface area contributed by atoms with Gasteiger partial charge < -0.3 is 14.2 Å². The highest BCUT2D eigenvalue weighted by Crippen LogP contribution is 2.39. The third-order valence-electron chi connectivity index (χ3n) is 7.65. The Balaban J connectivity index is 1.61. The number of hydrogen-bond acceptors (Lipinski definition) is 4. The summed E-state index contributed by atoms with van der Waals surface area (Å²) >= 11 is 0. The molecule has 3 aromatic rings. The number of amides is 1. The van der Waals surface area contributed by atoms with Gasteiger partial charge in [-0.25, -0.2) is 9.78 Å². The van der Waals surface area contributed by atoms with Crippen molar-refractivity contribution < 1.29 is 9.53 Å². The molecule has 0 saturated heterocycles. The number of imidazole rings is 1. The van der Waals surface area contributed by atoms with Crippen LogP contribution in [0.15, 0.2) is 36.4 Å². The Morgan fingerprint density at radius 1 is 1.06 bits per heavy atom. The SMILES string of the molecule is COC(=O)N1c2ccc3c(nc(Cc4ccc(N(C)C)cc4)n3C3CCCCC3)c2CC[C@@H]1C. The standard InChI is InChI=1S/C28H36N4O2/c1-19-10-15-23-24(31(19)28(33)34-4)16-17-25-27(23)29-26(32(25)22-8-6-5-7-9-22)18-20-11-13-21(14-12-20)30(2)3/h11-14,16-17,19,22H,5-10,15,18H2,1-4H3/t19-/m0/s1. The summed E-state index contributed by atoms with van der Waals surface area (Å²) in [4.78, 5) is 21.8. The van der Waals surface area contributed by atoms with Gasteiger partial charge in [-0.1, -0.05) is 31.4 Å². The van der Waals surface area contributed by atoms with Crippen LogP contribution in [-0.4, -0.2) is 42.9 Å². The van der Waals surface area contributed by atoms with Gasteiger partial charge in [-0.15, -0.1) is 0 Å². The summed E-state index contributed by atoms with van der Waals surface area (Å²) in [6, 6.07) is 13.7. The molecule has 1 aromatic heterocycles. The molecular formula is C28H36N4O2. The molecule has 0 radical (unpaired) electrons. The first-order chi connectivity index (χ1) is 16.5. The van der Waals surface area contributed by atoms with Crippen molar-refractivity contribution in [3.05, 3.63) is 53.3 Å². The van der Waals surface area contributed by atoms with Crippen molar-refractivity contribution in [2.24, 2.45) is 0 Å². The van der Waals surface area contributed by atoms with Crippen LogP contribution in [-0.2, 0) is 17.6 Å². The smallest absolute Gasteiger partial charge is 0.414 e. The van der Waals surface area contributed by atoms with E-state index in [0.717, 1.165) is 36.3 Å². The second-order valence-electron chi connectivity index (χ2n) is 10.1. The maximum absolute atomic E-state index is 12.6. The number of rotatable bonds is 4. The van der Waals surface area contributed by atoms with E-state index in [1.807, 2.05) is 0 Å². The van der Waals surface area contributed by atoms with Gasteiger partial charge in [0, 0.05) is 43.9 Å². The fraction of sp³-hybridized carbons (Fsp3) is 0.500. The molecule has 1 amide bonds. The van der Waals surface area contributed by atoms with Gasteiger partial charge in [0.1, 0.15) is 5.82 Å². The maximum Gasteiger partial charge on any atom is 0.414 e. The molecule has 6 nitrogen and oxygen atoms in total. The lowest BCUT2D eigenvalue weighted by Crippen LogP contribution is -2.42. The number of methoxy groups -OCH3 is 1. The number of anilines is 2. The summed E-state index contributed by atoms with van der Waals surface area (Å²) in [5, 5.41) is 0. The third-order valence-corrected chi connectivity index (χ3v) is 7.65. The van der Waals surface area contributed by atoms with Gasteiger partial charge in [0.2, 0.25) is 0 Å². The predicted molar refractivity (Wildman–Crippen MR) is 138 cm³/mol. The summed E-state index contributed by atoms with van der Waals surface area (Å²) in [7, 11) is 5.59. The highest BCUT2D eigenvalue weighted by molar-refractivity contribution is 5.95. The molecule has 2 aliphatic rings. The molecule has 1 aliphatic heterocycles. The maximum atomic E-state index is 12.6. The molecule has 0 bridgehead atoms. The molecule has 1 fully saturated rings. The molecule has 2 heterocycles. The Labute approximate surface area is 202 Å². The summed E-state index contributed by atoms with van der Waals surface area (Å²) in [5.74, 6) is 1.14. The number of benzene rings is 2. The zero-order valence-corrected chi connectivity index (χ0v) is 20.9. The normalized spacial score (nSPS) is 18.7. The quantitative estimate of drug-likeness (QED) is 0.472. The van der Waals surface area contributed by atoms with Crippen molar-refractivity contribution >= 4 is 28.5 Å².